The van der Waals surface area contributed by atoms with Gasteiger partial charge in [-0.15, -0.1) is 10.2 Å². The van der Waals surface area contributed by atoms with Gasteiger partial charge in [-0.1, -0.05) is 38.2 Å². The van der Waals surface area contributed by atoms with Crippen LogP contribution in [0.2, 0.25) is 0 Å². The third kappa shape index (κ3) is 4.27. The number of allylic oxidation sites excluding steroid dienone is 2. The normalized spacial score (nSPS) is 20.8. The highest BCUT2D eigenvalue weighted by Crippen LogP contribution is 2.37. The van der Waals surface area contributed by atoms with Crippen LogP contribution in [0.1, 0.15) is 38.6 Å². The first-order valence-electron chi connectivity index (χ1n) is 7.18. The fraction of sp³-hybridized carbons (Fsp3) is 0.667. The predicted octanol–water partition coefficient (Wildman–Crippen LogP) is 3.02. The number of aryl methyl sites for hydroxylation is 1. The topological polar surface area (TPSA) is 55.3 Å². The molecule has 0 aromatic carbocycles. The van der Waals surface area contributed by atoms with E-state index < -0.39 is 0 Å². The maximum atomic E-state index is 12.3. The Morgan fingerprint density at radius 1 is 1.52 bits per heavy atom. The number of ether oxygens (including phenoxy) is 1. The first-order chi connectivity index (χ1) is 9.77. The van der Waals surface area contributed by atoms with E-state index in [2.05, 4.69) is 37.0 Å². The molecule has 2 rings (SSSR count). The minimum atomic E-state index is -0.0565. The number of carbonyl (C=O) groups is 1. The van der Waals surface area contributed by atoms with Gasteiger partial charge in [-0.3, -0.25) is 4.79 Å². The summed E-state index contributed by atoms with van der Waals surface area (Å²) in [5.74, 6) is 0.529. The lowest BCUT2D eigenvalue weighted by Gasteiger charge is -2.35. The van der Waals surface area contributed by atoms with Crippen molar-refractivity contribution < 1.29 is 9.53 Å². The summed E-state index contributed by atoms with van der Waals surface area (Å²) in [4.78, 5) is 14.0. The van der Waals surface area contributed by atoms with Gasteiger partial charge >= 0.3 is 0 Å². The van der Waals surface area contributed by atoms with Crippen LogP contribution in [-0.2, 0) is 4.79 Å². The van der Waals surface area contributed by atoms with E-state index in [1.54, 1.807) is 4.90 Å². The second kappa shape index (κ2) is 6.13. The van der Waals surface area contributed by atoms with Gasteiger partial charge in [0.2, 0.25) is 0 Å². The molecule has 1 aromatic rings. The number of rotatable bonds is 4. The largest absolute Gasteiger partial charge is 0.459 e. The lowest BCUT2D eigenvalue weighted by molar-refractivity contribution is -0.130. The van der Waals surface area contributed by atoms with E-state index in [9.17, 15) is 4.79 Å². The number of likely N-dealkylation sites (N-methyl/N-ethyl adjacent to an activating group) is 1. The van der Waals surface area contributed by atoms with Gasteiger partial charge in [0.05, 0.1) is 0 Å². The molecular weight excluding hydrogens is 286 g/mol. The minimum absolute atomic E-state index is 0.00270. The Labute approximate surface area is 130 Å². The maximum Gasteiger partial charge on any atom is 0.294 e. The molecule has 0 N–H and O–H groups in total. The lowest BCUT2D eigenvalue weighted by atomic mass is 9.76. The molecule has 0 fully saturated rings. The fourth-order valence-corrected chi connectivity index (χ4v) is 3.38. The van der Waals surface area contributed by atoms with E-state index in [4.69, 9.17) is 4.74 Å². The molecule has 6 heteroatoms. The van der Waals surface area contributed by atoms with Gasteiger partial charge in [-0.05, 0) is 31.1 Å². The zero-order chi connectivity index (χ0) is 15.6. The summed E-state index contributed by atoms with van der Waals surface area (Å²) >= 11 is 1.35. The number of nitrogens with zero attached hydrogens (tertiary/aromatic N) is 3. The SMILES string of the molecule is Cc1nnc(OCC(=O)N(C)C2=CC(C)(C)CC(C)C2)s1. The Morgan fingerprint density at radius 3 is 2.81 bits per heavy atom. The van der Waals surface area contributed by atoms with E-state index in [-0.39, 0.29) is 17.9 Å². The van der Waals surface area contributed by atoms with Gasteiger partial charge < -0.3 is 9.64 Å². The molecule has 1 aromatic heterocycles. The number of amides is 1. The molecule has 5 nitrogen and oxygen atoms in total. The molecule has 1 amide bonds. The molecule has 1 atom stereocenters. The molecule has 1 unspecified atom stereocenters. The summed E-state index contributed by atoms with van der Waals surface area (Å²) in [6, 6.07) is 0. The summed E-state index contributed by atoms with van der Waals surface area (Å²) in [5, 5.41) is 9.00. The first-order valence-corrected chi connectivity index (χ1v) is 8.00. The van der Waals surface area contributed by atoms with E-state index in [0.29, 0.717) is 11.1 Å². The smallest absolute Gasteiger partial charge is 0.294 e. The van der Waals surface area contributed by atoms with Crippen molar-refractivity contribution in [1.82, 2.24) is 15.1 Å². The number of hydrogen-bond acceptors (Lipinski definition) is 5. The van der Waals surface area contributed by atoms with Crippen LogP contribution >= 0.6 is 11.3 Å². The molecule has 0 radical (unpaired) electrons. The van der Waals surface area contributed by atoms with Crippen LogP contribution in [0.25, 0.3) is 0 Å². The predicted molar refractivity (Wildman–Crippen MR) is 83.2 cm³/mol. The van der Waals surface area contributed by atoms with Gasteiger partial charge in [-0.2, -0.15) is 0 Å². The van der Waals surface area contributed by atoms with Crippen molar-refractivity contribution in [3.8, 4) is 5.19 Å². The summed E-state index contributed by atoms with van der Waals surface area (Å²) in [7, 11) is 1.82. The van der Waals surface area contributed by atoms with E-state index in [0.717, 1.165) is 23.5 Å². The molecular formula is C15H23N3O2S. The summed E-state index contributed by atoms with van der Waals surface area (Å²) in [6.45, 7) is 8.50. The molecule has 1 aliphatic rings. The van der Waals surface area contributed by atoms with E-state index in [1.165, 1.54) is 11.3 Å². The monoisotopic (exact) mass is 309 g/mol. The van der Waals surface area contributed by atoms with Crippen molar-refractivity contribution in [2.24, 2.45) is 11.3 Å². The molecule has 1 heterocycles. The third-order valence-corrected chi connectivity index (χ3v) is 4.37. The second-order valence-electron chi connectivity index (χ2n) is 6.47. The van der Waals surface area contributed by atoms with Crippen LogP contribution < -0.4 is 4.74 Å². The Bertz CT molecular complexity index is 551. The van der Waals surface area contributed by atoms with Crippen LogP contribution in [0.4, 0.5) is 0 Å². The summed E-state index contributed by atoms with van der Waals surface area (Å²) in [5.41, 5.74) is 1.22. The van der Waals surface area contributed by atoms with Crippen molar-refractivity contribution in [3.05, 3.63) is 16.8 Å². The highest BCUT2D eigenvalue weighted by molar-refractivity contribution is 7.12. The molecule has 1 aliphatic carbocycles. The number of aromatic nitrogens is 2. The van der Waals surface area contributed by atoms with Crippen LogP contribution in [0.3, 0.4) is 0 Å². The van der Waals surface area contributed by atoms with E-state index >= 15 is 0 Å². The van der Waals surface area contributed by atoms with Gasteiger partial charge in [0, 0.05) is 12.7 Å². The molecule has 0 aliphatic heterocycles. The lowest BCUT2D eigenvalue weighted by Crippen LogP contribution is -2.34. The first kappa shape index (κ1) is 15.9. The quantitative estimate of drug-likeness (QED) is 0.858. The number of hydrogen-bond donors (Lipinski definition) is 0. The van der Waals surface area contributed by atoms with Gasteiger partial charge in [0.15, 0.2) is 6.61 Å². The Hall–Kier alpha value is -1.43. The van der Waals surface area contributed by atoms with Crippen molar-refractivity contribution >= 4 is 17.2 Å². The zero-order valence-corrected chi connectivity index (χ0v) is 14.2. The Balaban J connectivity index is 1.97. The molecule has 116 valence electrons. The van der Waals surface area contributed by atoms with Crippen LogP contribution in [-0.4, -0.2) is 34.7 Å². The van der Waals surface area contributed by atoms with E-state index in [1.807, 2.05) is 14.0 Å². The zero-order valence-electron chi connectivity index (χ0n) is 13.3. The average Bonchev–Trinajstić information content (AvgIpc) is 2.78. The number of carbonyl (C=O) groups excluding carboxylic acids is 1. The molecule has 0 spiro atoms. The van der Waals surface area contributed by atoms with Crippen molar-refractivity contribution in [3.63, 3.8) is 0 Å². The van der Waals surface area contributed by atoms with Crippen LogP contribution in [0, 0.1) is 18.3 Å². The molecule has 0 saturated heterocycles. The average molecular weight is 309 g/mol. The highest BCUT2D eigenvalue weighted by Gasteiger charge is 2.28. The minimum Gasteiger partial charge on any atom is -0.459 e. The summed E-state index contributed by atoms with van der Waals surface area (Å²) < 4.78 is 5.41. The molecule has 21 heavy (non-hydrogen) atoms. The third-order valence-electron chi connectivity index (χ3n) is 3.62. The fourth-order valence-electron chi connectivity index (χ4n) is 2.85. The van der Waals surface area contributed by atoms with Gasteiger partial charge in [0.25, 0.3) is 11.1 Å². The summed E-state index contributed by atoms with van der Waals surface area (Å²) in [6.07, 6.45) is 4.29. The van der Waals surface area contributed by atoms with Crippen molar-refractivity contribution in [2.75, 3.05) is 13.7 Å². The van der Waals surface area contributed by atoms with Crippen molar-refractivity contribution in [2.45, 2.75) is 40.5 Å². The Kier molecular flexibility index (Phi) is 4.66. The standard InChI is InChI=1S/C15H23N3O2S/c1-10-6-12(8-15(3,4)7-10)18(5)13(19)9-20-14-17-16-11(2)21-14/h8,10H,6-7,9H2,1-5H3. The highest BCUT2D eigenvalue weighted by atomic mass is 32.1. The molecule has 0 saturated carbocycles. The molecule has 0 bridgehead atoms. The van der Waals surface area contributed by atoms with Gasteiger partial charge in [0.1, 0.15) is 5.01 Å². The Morgan fingerprint density at radius 2 is 2.24 bits per heavy atom. The maximum absolute atomic E-state index is 12.3. The van der Waals surface area contributed by atoms with Gasteiger partial charge in [-0.25, -0.2) is 0 Å². The van der Waals surface area contributed by atoms with Crippen molar-refractivity contribution in [1.29, 1.82) is 0 Å². The second-order valence-corrected chi connectivity index (χ2v) is 7.61. The van der Waals surface area contributed by atoms with Crippen LogP contribution in [0.15, 0.2) is 11.8 Å². The van der Waals surface area contributed by atoms with Crippen LogP contribution in [0.5, 0.6) is 5.19 Å².